The van der Waals surface area contributed by atoms with Crippen molar-refractivity contribution in [1.82, 2.24) is 15.4 Å². The van der Waals surface area contributed by atoms with Crippen molar-refractivity contribution < 1.29 is 18.7 Å². The molecule has 2 aromatic rings. The van der Waals surface area contributed by atoms with Crippen LogP contribution in [0.2, 0.25) is 0 Å². The van der Waals surface area contributed by atoms with Gasteiger partial charge in [-0.2, -0.15) is 0 Å². The Bertz CT molecular complexity index is 524. The maximum absolute atomic E-state index is 10.6. The molecule has 1 aromatic carbocycles. The maximum Gasteiger partial charge on any atom is 0.112 e. The summed E-state index contributed by atoms with van der Waals surface area (Å²) in [4.78, 5) is 20.2. The molecule has 0 atom stereocenters. The van der Waals surface area contributed by atoms with E-state index >= 15 is 0 Å². The number of fused-ring (bicyclic) bond motifs is 1. The first-order valence-electron chi connectivity index (χ1n) is 7.87. The first-order valence-corrected chi connectivity index (χ1v) is 9.71. The summed E-state index contributed by atoms with van der Waals surface area (Å²) in [7, 11) is -3.48. The van der Waals surface area contributed by atoms with Crippen LogP contribution in [-0.2, 0) is 13.8 Å². The fraction of sp³-hybridized carbons (Fsp3) is 0.533. The van der Waals surface area contributed by atoms with Crippen molar-refractivity contribution in [2.45, 2.75) is 39.5 Å². The molecule has 2 rings (SSSR count). The molecule has 1 heterocycles. The number of aromatic nitrogens is 3. The van der Waals surface area contributed by atoms with Gasteiger partial charge in [-0.25, -0.2) is 0 Å². The van der Waals surface area contributed by atoms with Crippen LogP contribution in [0, 0.1) is 0 Å². The van der Waals surface area contributed by atoms with Crippen LogP contribution >= 0.6 is 7.94 Å². The average molecular weight is 343 g/mol. The predicted molar refractivity (Wildman–Crippen MR) is 92.9 cm³/mol. The van der Waals surface area contributed by atoms with E-state index in [0.717, 1.165) is 36.7 Å². The van der Waals surface area contributed by atoms with Gasteiger partial charge in [0.15, 0.2) is 0 Å². The van der Waals surface area contributed by atoms with Crippen LogP contribution in [-0.4, -0.2) is 39.5 Å². The number of carbonyl (C=O) groups is 1. The minimum absolute atomic E-state index is 0.393. The summed E-state index contributed by atoms with van der Waals surface area (Å²) in [6.07, 6.45) is 3.61. The molecule has 0 amide bonds. The second-order valence-corrected chi connectivity index (χ2v) is 7.06. The predicted octanol–water partition coefficient (Wildman–Crippen LogP) is 3.26. The molecular formula is C15H26N3O4P. The van der Waals surface area contributed by atoms with Crippen molar-refractivity contribution in [3.8, 4) is 0 Å². The fourth-order valence-corrected chi connectivity index (χ4v) is 2.72. The zero-order valence-corrected chi connectivity index (χ0v) is 14.7. The topological polar surface area (TPSA) is 97.3 Å². The van der Waals surface area contributed by atoms with Gasteiger partial charge in [0.2, 0.25) is 0 Å². The van der Waals surface area contributed by atoms with E-state index in [-0.39, 0.29) is 0 Å². The van der Waals surface area contributed by atoms with Crippen molar-refractivity contribution in [3.05, 3.63) is 24.3 Å². The summed E-state index contributed by atoms with van der Waals surface area (Å²) >= 11 is 0. The minimum Gasteiger partial charge on any atom is -0.258 e. The number of nitrogens with zero attached hydrogens (tertiary/aromatic N) is 2. The van der Waals surface area contributed by atoms with Crippen molar-refractivity contribution >= 4 is 25.0 Å². The van der Waals surface area contributed by atoms with E-state index in [4.69, 9.17) is 9.05 Å². The Morgan fingerprint density at radius 2 is 1.78 bits per heavy atom. The van der Waals surface area contributed by atoms with Crippen LogP contribution in [0.1, 0.15) is 39.5 Å². The third-order valence-corrected chi connectivity index (χ3v) is 4.53. The molecule has 0 saturated heterocycles. The number of hydrogen-bond acceptors (Lipinski definition) is 6. The number of unbranched alkanes of at least 4 members (excludes halogenated alkanes) is 2. The molecule has 0 bridgehead atoms. The normalized spacial score (nSPS) is 11.8. The molecule has 0 spiro atoms. The van der Waals surface area contributed by atoms with Crippen LogP contribution in [0.25, 0.3) is 11.0 Å². The number of benzene rings is 1. The molecule has 8 heteroatoms. The molecule has 2 N–H and O–H groups in total. The van der Waals surface area contributed by atoms with E-state index in [0.29, 0.717) is 19.2 Å². The Hall–Kier alpha value is -1.40. The second-order valence-electron chi connectivity index (χ2n) is 4.98. The summed E-state index contributed by atoms with van der Waals surface area (Å²) in [6, 6.07) is 8.17. The Balaban J connectivity index is 0.000000248. The zero-order valence-electron chi connectivity index (χ0n) is 13.7. The smallest absolute Gasteiger partial charge is 0.112 e. The average Bonchev–Trinajstić information content (AvgIpc) is 3.05. The van der Waals surface area contributed by atoms with Gasteiger partial charge in [-0.3, -0.25) is 5.10 Å². The molecular weight excluding hydrogens is 317 g/mol. The van der Waals surface area contributed by atoms with E-state index in [9.17, 15) is 9.69 Å². The van der Waals surface area contributed by atoms with E-state index < -0.39 is 7.94 Å². The quantitative estimate of drug-likeness (QED) is 0.412. The molecule has 0 saturated carbocycles. The van der Waals surface area contributed by atoms with Gasteiger partial charge in [0.25, 0.3) is 0 Å². The number of carbonyl (C=O) groups excluding carboxylic acids is 1. The molecule has 0 aliphatic heterocycles. The number of para-hydroxylation sites is 1. The maximum atomic E-state index is 10.6. The van der Waals surface area contributed by atoms with Gasteiger partial charge < -0.3 is 0 Å². The van der Waals surface area contributed by atoms with Gasteiger partial charge in [-0.15, -0.1) is 5.10 Å². The van der Waals surface area contributed by atoms with E-state index in [1.165, 1.54) is 0 Å². The number of aromatic amines is 1. The summed E-state index contributed by atoms with van der Waals surface area (Å²) in [5.41, 5.74) is 1.90. The Labute approximate surface area is 137 Å². The van der Waals surface area contributed by atoms with Crippen LogP contribution in [0.3, 0.4) is 0 Å². The van der Waals surface area contributed by atoms with Gasteiger partial charge in [0.05, 0.1) is 5.52 Å². The van der Waals surface area contributed by atoms with Gasteiger partial charge in [0, 0.05) is 0 Å². The van der Waals surface area contributed by atoms with Crippen LogP contribution < -0.4 is 0 Å². The van der Waals surface area contributed by atoms with Gasteiger partial charge in [-0.05, 0) is 12.1 Å². The molecule has 0 radical (unpaired) electrons. The molecule has 1 aromatic heterocycles. The van der Waals surface area contributed by atoms with Gasteiger partial charge in [-0.1, -0.05) is 17.3 Å². The van der Waals surface area contributed by atoms with Crippen molar-refractivity contribution in [2.24, 2.45) is 0 Å². The number of nitrogens with one attached hydrogen (secondary N) is 1. The summed E-state index contributed by atoms with van der Waals surface area (Å²) in [5.74, 6) is 0. The Morgan fingerprint density at radius 1 is 1.17 bits per heavy atom. The molecule has 0 unspecified atom stereocenters. The van der Waals surface area contributed by atoms with E-state index in [1.807, 2.05) is 38.1 Å². The number of hydrogen-bond donors (Lipinski definition) is 2. The van der Waals surface area contributed by atoms with Crippen molar-refractivity contribution in [3.63, 3.8) is 0 Å². The molecule has 0 fully saturated rings. The number of H-pyrrole nitrogens is 1. The SMILES string of the molecule is CCCCO[PH](O)(C=O)OCCCC.c1ccc2[nH]nnc2c1. The third-order valence-electron chi connectivity index (χ3n) is 2.99. The van der Waals surface area contributed by atoms with Crippen LogP contribution in [0.4, 0.5) is 0 Å². The number of rotatable bonds is 9. The standard InChI is InChI=1S/C9H21O4P.C6H5N3/c1-3-5-7-12-14(11,9-10)13-8-6-4-2;1-2-4-6-5(3-1)7-9-8-6/h9,11,14H,3-8H2,1-2H3;1-4H,(H,7,8,9). The minimum atomic E-state index is -3.48. The second kappa shape index (κ2) is 11.2. The Morgan fingerprint density at radius 3 is 2.30 bits per heavy atom. The fourth-order valence-electron chi connectivity index (χ4n) is 1.62. The monoisotopic (exact) mass is 343 g/mol. The molecule has 23 heavy (non-hydrogen) atoms. The van der Waals surface area contributed by atoms with Crippen molar-refractivity contribution in [2.75, 3.05) is 13.2 Å². The molecule has 0 aliphatic rings. The zero-order chi connectivity index (χ0) is 17.0. The van der Waals surface area contributed by atoms with Crippen molar-refractivity contribution in [1.29, 1.82) is 0 Å². The van der Waals surface area contributed by atoms with Gasteiger partial charge >= 0.3 is 85.5 Å². The third kappa shape index (κ3) is 7.61. The summed E-state index contributed by atoms with van der Waals surface area (Å²) in [6.45, 7) is 4.82. The molecule has 130 valence electrons. The van der Waals surface area contributed by atoms with Crippen LogP contribution in [0.15, 0.2) is 24.3 Å². The Kier molecular flexibility index (Phi) is 9.55. The summed E-state index contributed by atoms with van der Waals surface area (Å²) < 4.78 is 10.1. The van der Waals surface area contributed by atoms with Crippen LogP contribution in [0.5, 0.6) is 0 Å². The molecule has 0 aliphatic carbocycles. The first kappa shape index (κ1) is 19.6. The van der Waals surface area contributed by atoms with Gasteiger partial charge in [0.1, 0.15) is 5.52 Å². The summed E-state index contributed by atoms with van der Waals surface area (Å²) in [5, 5.41) is 10.2. The molecule has 7 nitrogen and oxygen atoms in total. The van der Waals surface area contributed by atoms with E-state index in [2.05, 4.69) is 15.4 Å². The first-order chi connectivity index (χ1) is 11.1. The van der Waals surface area contributed by atoms with E-state index in [1.54, 1.807) is 0 Å². The largest absolute Gasteiger partial charge is 0.258 e.